The molecule has 1 amide bonds. The molecule has 5 heteroatoms. The molecule has 1 aliphatic heterocycles. The third-order valence-corrected chi connectivity index (χ3v) is 4.69. The van der Waals surface area contributed by atoms with Crippen LogP contribution in [0.3, 0.4) is 0 Å². The van der Waals surface area contributed by atoms with E-state index >= 15 is 0 Å². The van der Waals surface area contributed by atoms with Crippen LogP contribution in [0.2, 0.25) is 0 Å². The minimum Gasteiger partial charge on any atom is -0.368 e. The Morgan fingerprint density at radius 1 is 1.60 bits per heavy atom. The highest BCUT2D eigenvalue weighted by molar-refractivity contribution is 5.84. The van der Waals surface area contributed by atoms with Gasteiger partial charge in [0.2, 0.25) is 5.91 Å². The molecule has 1 aliphatic rings. The fourth-order valence-electron chi connectivity index (χ4n) is 3.22. The van der Waals surface area contributed by atoms with E-state index in [2.05, 4.69) is 36.1 Å². The van der Waals surface area contributed by atoms with Gasteiger partial charge in [-0.2, -0.15) is 0 Å². The molecule has 0 bridgehead atoms. The SMILES string of the molecule is CCNC(C)(CC(C)N(C)C1CCCN(C)C1)C(N)=O. The van der Waals surface area contributed by atoms with Crippen molar-refractivity contribution >= 4 is 5.91 Å². The van der Waals surface area contributed by atoms with Crippen LogP contribution in [0.4, 0.5) is 0 Å². The lowest BCUT2D eigenvalue weighted by Gasteiger charge is -2.41. The number of likely N-dealkylation sites (tertiary alicyclic amines) is 1. The Bertz CT molecular complexity index is 323. The summed E-state index contributed by atoms with van der Waals surface area (Å²) in [6, 6.07) is 0.894. The van der Waals surface area contributed by atoms with E-state index < -0.39 is 5.54 Å². The normalized spacial score (nSPS) is 25.4. The first-order valence-corrected chi connectivity index (χ1v) is 7.75. The van der Waals surface area contributed by atoms with Crippen LogP contribution < -0.4 is 11.1 Å². The van der Waals surface area contributed by atoms with Gasteiger partial charge in [0.1, 0.15) is 0 Å². The molecule has 0 aromatic carbocycles. The number of nitrogens with zero attached hydrogens (tertiary/aromatic N) is 2. The number of rotatable bonds is 7. The number of nitrogens with one attached hydrogen (secondary N) is 1. The van der Waals surface area contributed by atoms with Gasteiger partial charge in [0.05, 0.1) is 5.54 Å². The highest BCUT2D eigenvalue weighted by Gasteiger charge is 2.34. The van der Waals surface area contributed by atoms with Gasteiger partial charge in [0, 0.05) is 18.6 Å². The van der Waals surface area contributed by atoms with Crippen molar-refractivity contribution in [3.8, 4) is 0 Å². The van der Waals surface area contributed by atoms with Crippen molar-refractivity contribution in [3.63, 3.8) is 0 Å². The zero-order valence-electron chi connectivity index (χ0n) is 13.8. The molecular formula is C15H32N4O. The number of piperidine rings is 1. The number of amides is 1. The molecule has 3 unspecified atom stereocenters. The first kappa shape index (κ1) is 17.4. The number of hydrogen-bond acceptors (Lipinski definition) is 4. The van der Waals surface area contributed by atoms with E-state index in [0.29, 0.717) is 12.1 Å². The van der Waals surface area contributed by atoms with E-state index in [4.69, 9.17) is 5.73 Å². The molecule has 5 nitrogen and oxygen atoms in total. The molecule has 1 heterocycles. The molecule has 1 saturated heterocycles. The molecule has 0 saturated carbocycles. The van der Waals surface area contributed by atoms with E-state index in [-0.39, 0.29) is 5.91 Å². The second-order valence-corrected chi connectivity index (χ2v) is 6.50. The number of hydrogen-bond donors (Lipinski definition) is 2. The summed E-state index contributed by atoms with van der Waals surface area (Å²) in [4.78, 5) is 16.5. The Balaban J connectivity index is 2.63. The molecule has 1 fully saturated rings. The van der Waals surface area contributed by atoms with Crippen LogP contribution in [0.15, 0.2) is 0 Å². The Morgan fingerprint density at radius 2 is 2.25 bits per heavy atom. The zero-order valence-corrected chi connectivity index (χ0v) is 13.8. The van der Waals surface area contributed by atoms with Crippen LogP contribution in [0.1, 0.15) is 40.0 Å². The predicted octanol–water partition coefficient (Wildman–Crippen LogP) is 0.645. The van der Waals surface area contributed by atoms with Crippen LogP contribution in [0, 0.1) is 0 Å². The number of likely N-dealkylation sites (N-methyl/N-ethyl adjacent to an activating group) is 3. The molecule has 20 heavy (non-hydrogen) atoms. The van der Waals surface area contributed by atoms with Gasteiger partial charge in [0.25, 0.3) is 0 Å². The predicted molar refractivity (Wildman–Crippen MR) is 83.6 cm³/mol. The maximum Gasteiger partial charge on any atom is 0.237 e. The second kappa shape index (κ2) is 7.38. The van der Waals surface area contributed by atoms with Crippen molar-refractivity contribution < 1.29 is 4.79 Å². The average Bonchev–Trinajstić information content (AvgIpc) is 2.37. The summed E-state index contributed by atoms with van der Waals surface area (Å²) in [5.41, 5.74) is 4.96. The monoisotopic (exact) mass is 284 g/mol. The van der Waals surface area contributed by atoms with Crippen LogP contribution in [0.5, 0.6) is 0 Å². The van der Waals surface area contributed by atoms with Crippen molar-refractivity contribution in [1.29, 1.82) is 0 Å². The summed E-state index contributed by atoms with van der Waals surface area (Å²) in [5.74, 6) is -0.264. The Kier molecular flexibility index (Phi) is 6.43. The summed E-state index contributed by atoms with van der Waals surface area (Å²) < 4.78 is 0. The van der Waals surface area contributed by atoms with Crippen LogP contribution in [-0.2, 0) is 4.79 Å². The lowest BCUT2D eigenvalue weighted by Crippen LogP contribution is -2.57. The zero-order chi connectivity index (χ0) is 15.3. The summed E-state index contributed by atoms with van der Waals surface area (Å²) in [6.07, 6.45) is 3.23. The molecule has 0 spiro atoms. The molecule has 1 rings (SSSR count). The fraction of sp³-hybridized carbons (Fsp3) is 0.933. The highest BCUT2D eigenvalue weighted by Crippen LogP contribution is 2.21. The summed E-state index contributed by atoms with van der Waals surface area (Å²) >= 11 is 0. The second-order valence-electron chi connectivity index (χ2n) is 6.50. The van der Waals surface area contributed by atoms with Gasteiger partial charge in [-0.3, -0.25) is 9.69 Å². The Morgan fingerprint density at radius 3 is 2.75 bits per heavy atom. The standard InChI is InChI=1S/C15H32N4O/c1-6-17-15(3,14(16)20)10-12(2)19(5)13-8-7-9-18(4)11-13/h12-13,17H,6-11H2,1-5H3,(H2,16,20). The van der Waals surface area contributed by atoms with E-state index in [1.807, 2.05) is 13.8 Å². The largest absolute Gasteiger partial charge is 0.368 e. The van der Waals surface area contributed by atoms with Gasteiger partial charge in [-0.25, -0.2) is 0 Å². The number of carbonyl (C=O) groups excluding carboxylic acids is 1. The molecule has 0 radical (unpaired) electrons. The van der Waals surface area contributed by atoms with Crippen LogP contribution in [0.25, 0.3) is 0 Å². The molecular weight excluding hydrogens is 252 g/mol. The quantitative estimate of drug-likeness (QED) is 0.720. The van der Waals surface area contributed by atoms with Gasteiger partial charge < -0.3 is 16.0 Å². The van der Waals surface area contributed by atoms with Crippen molar-refractivity contribution in [2.24, 2.45) is 5.73 Å². The molecule has 3 N–H and O–H groups in total. The van der Waals surface area contributed by atoms with E-state index in [1.165, 1.54) is 19.4 Å². The number of primary amides is 1. The average molecular weight is 284 g/mol. The summed E-state index contributed by atoms with van der Waals surface area (Å²) in [7, 11) is 4.35. The number of carbonyl (C=O) groups is 1. The van der Waals surface area contributed by atoms with Gasteiger partial charge >= 0.3 is 0 Å². The van der Waals surface area contributed by atoms with Crippen LogP contribution >= 0.6 is 0 Å². The molecule has 0 aromatic heterocycles. The highest BCUT2D eigenvalue weighted by atomic mass is 16.1. The molecule has 0 aliphatic carbocycles. The summed E-state index contributed by atoms with van der Waals surface area (Å²) in [5, 5.41) is 3.24. The maximum absolute atomic E-state index is 11.7. The van der Waals surface area contributed by atoms with Crippen molar-refractivity contribution in [2.75, 3.05) is 33.7 Å². The molecule has 3 atom stereocenters. The minimum absolute atomic E-state index is 0.264. The lowest BCUT2D eigenvalue weighted by molar-refractivity contribution is -0.124. The topological polar surface area (TPSA) is 61.6 Å². The summed E-state index contributed by atoms with van der Waals surface area (Å²) in [6.45, 7) is 9.15. The molecule has 118 valence electrons. The van der Waals surface area contributed by atoms with Crippen molar-refractivity contribution in [3.05, 3.63) is 0 Å². The Hall–Kier alpha value is -0.650. The molecule has 0 aromatic rings. The van der Waals surface area contributed by atoms with E-state index in [1.54, 1.807) is 0 Å². The van der Waals surface area contributed by atoms with Gasteiger partial charge in [-0.1, -0.05) is 6.92 Å². The first-order chi connectivity index (χ1) is 9.30. The van der Waals surface area contributed by atoms with E-state index in [9.17, 15) is 4.79 Å². The smallest absolute Gasteiger partial charge is 0.237 e. The maximum atomic E-state index is 11.7. The Labute approximate surface area is 123 Å². The number of nitrogens with two attached hydrogens (primary N) is 1. The third-order valence-electron chi connectivity index (χ3n) is 4.69. The minimum atomic E-state index is -0.622. The van der Waals surface area contributed by atoms with Gasteiger partial charge in [0.15, 0.2) is 0 Å². The first-order valence-electron chi connectivity index (χ1n) is 7.75. The van der Waals surface area contributed by atoms with E-state index in [0.717, 1.165) is 19.5 Å². The van der Waals surface area contributed by atoms with Gasteiger partial charge in [-0.15, -0.1) is 0 Å². The lowest BCUT2D eigenvalue weighted by atomic mass is 9.91. The van der Waals surface area contributed by atoms with Crippen molar-refractivity contribution in [1.82, 2.24) is 15.1 Å². The van der Waals surface area contributed by atoms with Crippen molar-refractivity contribution in [2.45, 2.75) is 57.7 Å². The fourth-order valence-corrected chi connectivity index (χ4v) is 3.22. The third kappa shape index (κ3) is 4.43. The van der Waals surface area contributed by atoms with Gasteiger partial charge in [-0.05, 0) is 60.3 Å². The van der Waals surface area contributed by atoms with Crippen LogP contribution in [-0.4, -0.2) is 67.1 Å².